The van der Waals surface area contributed by atoms with Crippen molar-refractivity contribution in [1.29, 1.82) is 0 Å². The van der Waals surface area contributed by atoms with Gasteiger partial charge in [0.25, 0.3) is 0 Å². The van der Waals surface area contributed by atoms with Crippen LogP contribution in [0, 0.1) is 27.6 Å². The largest absolute Gasteiger partial charge is 0.456 e. The monoisotopic (exact) mass is 500 g/mol. The third-order valence-corrected chi connectivity index (χ3v) is 12.3. The Balaban J connectivity index is 1.53. The summed E-state index contributed by atoms with van der Waals surface area (Å²) in [6.45, 7) is 15.1. The highest BCUT2D eigenvalue weighted by Crippen LogP contribution is 2.76. The molecule has 202 valence electrons. The van der Waals surface area contributed by atoms with E-state index in [9.17, 15) is 15.0 Å². The SMILES string of the molecule is COC(C)(C)CCC[C@@]1(C)OC(=O)[C@]23CC=C4C(=CC[C@H]5C(C)(C)[C@@H](O)CC[C@]45C)[C@]2(C)CC[C@@]31O. The van der Waals surface area contributed by atoms with Gasteiger partial charge in [-0.15, -0.1) is 0 Å². The number of aliphatic hydroxyl groups excluding tert-OH is 1. The summed E-state index contributed by atoms with van der Waals surface area (Å²) in [6, 6.07) is 0. The third-order valence-electron chi connectivity index (χ3n) is 12.3. The van der Waals surface area contributed by atoms with Crippen molar-refractivity contribution in [3.05, 3.63) is 23.3 Å². The molecule has 5 aliphatic rings. The van der Waals surface area contributed by atoms with Gasteiger partial charge >= 0.3 is 5.97 Å². The molecule has 4 aliphatic carbocycles. The van der Waals surface area contributed by atoms with E-state index in [-0.39, 0.29) is 28.5 Å². The fourth-order valence-corrected chi connectivity index (χ4v) is 9.55. The van der Waals surface area contributed by atoms with Crippen molar-refractivity contribution in [2.75, 3.05) is 7.11 Å². The van der Waals surface area contributed by atoms with E-state index >= 15 is 0 Å². The van der Waals surface area contributed by atoms with Crippen molar-refractivity contribution in [3.8, 4) is 0 Å². The summed E-state index contributed by atoms with van der Waals surface area (Å²) in [5.74, 6) is 0.132. The van der Waals surface area contributed by atoms with Gasteiger partial charge < -0.3 is 19.7 Å². The molecule has 36 heavy (non-hydrogen) atoms. The molecule has 0 bridgehead atoms. The number of esters is 1. The highest BCUT2D eigenvalue weighted by molar-refractivity contribution is 5.86. The number of methoxy groups -OCH3 is 1. The minimum atomic E-state index is -1.20. The van der Waals surface area contributed by atoms with Crippen molar-refractivity contribution < 1.29 is 24.5 Å². The molecule has 0 aromatic heterocycles. The smallest absolute Gasteiger partial charge is 0.317 e. The molecule has 1 spiro atoms. The normalized spacial score (nSPS) is 47.2. The molecule has 2 saturated carbocycles. The van der Waals surface area contributed by atoms with Gasteiger partial charge in [-0.05, 0) is 106 Å². The predicted octanol–water partition coefficient (Wildman–Crippen LogP) is 5.88. The molecule has 0 aromatic carbocycles. The molecule has 1 heterocycles. The minimum absolute atomic E-state index is 0.0321. The van der Waals surface area contributed by atoms with Crippen LogP contribution in [0.2, 0.25) is 0 Å². The number of aliphatic hydroxyl groups is 2. The lowest BCUT2D eigenvalue weighted by atomic mass is 9.43. The van der Waals surface area contributed by atoms with Gasteiger partial charge in [-0.3, -0.25) is 4.79 Å². The summed E-state index contributed by atoms with van der Waals surface area (Å²) in [6.07, 6.45) is 11.2. The number of carbonyl (C=O) groups excluding carboxylic acids is 1. The van der Waals surface area contributed by atoms with Crippen LogP contribution < -0.4 is 0 Å². The summed E-state index contributed by atoms with van der Waals surface area (Å²) < 4.78 is 11.8. The summed E-state index contributed by atoms with van der Waals surface area (Å²) in [4.78, 5) is 13.9. The van der Waals surface area contributed by atoms with Crippen molar-refractivity contribution in [2.24, 2.45) is 27.6 Å². The van der Waals surface area contributed by atoms with E-state index in [1.807, 2.05) is 6.92 Å². The Hall–Kier alpha value is -1.17. The molecule has 1 saturated heterocycles. The van der Waals surface area contributed by atoms with Crippen LogP contribution in [-0.4, -0.2) is 46.2 Å². The van der Waals surface area contributed by atoms with E-state index in [4.69, 9.17) is 9.47 Å². The Labute approximate surface area is 217 Å². The number of ether oxygens (including phenoxy) is 2. The second-order valence-electron chi connectivity index (χ2n) is 14.6. The number of carbonyl (C=O) groups is 1. The Morgan fingerprint density at radius 2 is 1.78 bits per heavy atom. The van der Waals surface area contributed by atoms with E-state index in [1.165, 1.54) is 11.1 Å². The number of allylic oxidation sites excluding steroid dienone is 4. The van der Waals surface area contributed by atoms with E-state index in [2.05, 4.69) is 53.7 Å². The fourth-order valence-electron chi connectivity index (χ4n) is 9.55. The maximum absolute atomic E-state index is 13.9. The molecule has 0 unspecified atom stereocenters. The molecule has 0 radical (unpaired) electrons. The van der Waals surface area contributed by atoms with Crippen LogP contribution in [0.5, 0.6) is 0 Å². The highest BCUT2D eigenvalue weighted by Gasteiger charge is 2.82. The number of hydrogen-bond donors (Lipinski definition) is 2. The zero-order valence-corrected chi connectivity index (χ0v) is 23.8. The van der Waals surface area contributed by atoms with Crippen LogP contribution in [0.1, 0.15) is 106 Å². The van der Waals surface area contributed by atoms with E-state index in [0.29, 0.717) is 25.2 Å². The zero-order valence-electron chi connectivity index (χ0n) is 23.8. The van der Waals surface area contributed by atoms with E-state index in [1.54, 1.807) is 7.11 Å². The molecule has 2 N–H and O–H groups in total. The molecule has 5 nitrogen and oxygen atoms in total. The van der Waals surface area contributed by atoms with E-state index in [0.717, 1.165) is 38.5 Å². The number of cyclic esters (lactones) is 1. The van der Waals surface area contributed by atoms with Crippen molar-refractivity contribution in [2.45, 2.75) is 129 Å². The fraction of sp³-hybridized carbons (Fsp3) is 0.839. The molecule has 7 atom stereocenters. The Morgan fingerprint density at radius 1 is 1.08 bits per heavy atom. The van der Waals surface area contributed by atoms with Crippen LogP contribution in [0.3, 0.4) is 0 Å². The number of rotatable bonds is 5. The summed E-state index contributed by atoms with van der Waals surface area (Å²) in [7, 11) is 1.73. The Kier molecular flexibility index (Phi) is 5.65. The van der Waals surface area contributed by atoms with Crippen LogP contribution in [0.4, 0.5) is 0 Å². The highest BCUT2D eigenvalue weighted by atomic mass is 16.6. The van der Waals surface area contributed by atoms with Gasteiger partial charge in [0.05, 0.1) is 11.7 Å². The van der Waals surface area contributed by atoms with Crippen molar-refractivity contribution >= 4 is 5.97 Å². The lowest BCUT2D eigenvalue weighted by molar-refractivity contribution is -0.158. The average molecular weight is 501 g/mol. The maximum Gasteiger partial charge on any atom is 0.317 e. The first-order valence-corrected chi connectivity index (χ1v) is 14.2. The van der Waals surface area contributed by atoms with Gasteiger partial charge in [0.2, 0.25) is 0 Å². The van der Waals surface area contributed by atoms with Gasteiger partial charge in [-0.1, -0.05) is 39.8 Å². The van der Waals surface area contributed by atoms with Gasteiger partial charge in [-0.2, -0.15) is 0 Å². The second-order valence-corrected chi connectivity index (χ2v) is 14.6. The quantitative estimate of drug-likeness (QED) is 0.461. The lowest BCUT2D eigenvalue weighted by Crippen LogP contribution is -2.61. The summed E-state index contributed by atoms with van der Waals surface area (Å²) in [5.41, 5.74) is -1.34. The molecule has 0 aromatic rings. The van der Waals surface area contributed by atoms with E-state index < -0.39 is 22.0 Å². The first-order valence-electron chi connectivity index (χ1n) is 14.2. The van der Waals surface area contributed by atoms with Gasteiger partial charge in [0.15, 0.2) is 0 Å². The van der Waals surface area contributed by atoms with Crippen molar-refractivity contribution in [3.63, 3.8) is 0 Å². The van der Waals surface area contributed by atoms with Gasteiger partial charge in [-0.25, -0.2) is 0 Å². The Bertz CT molecular complexity index is 1020. The molecular weight excluding hydrogens is 452 g/mol. The first-order chi connectivity index (χ1) is 16.5. The molecular formula is C31H48O5. The van der Waals surface area contributed by atoms with Gasteiger partial charge in [0, 0.05) is 12.5 Å². The summed E-state index contributed by atoms with van der Waals surface area (Å²) in [5, 5.41) is 23.3. The first kappa shape index (κ1) is 26.4. The number of hydrogen-bond acceptors (Lipinski definition) is 5. The van der Waals surface area contributed by atoms with Gasteiger partial charge in [0.1, 0.15) is 16.6 Å². The van der Waals surface area contributed by atoms with Crippen LogP contribution in [-0.2, 0) is 14.3 Å². The molecule has 5 rings (SSSR count). The zero-order chi connectivity index (χ0) is 26.6. The maximum atomic E-state index is 13.9. The topological polar surface area (TPSA) is 76.0 Å². The molecule has 3 fully saturated rings. The predicted molar refractivity (Wildman–Crippen MR) is 140 cm³/mol. The second kappa shape index (κ2) is 7.70. The summed E-state index contributed by atoms with van der Waals surface area (Å²) >= 11 is 0. The average Bonchev–Trinajstić information content (AvgIpc) is 3.15. The molecule has 5 heteroatoms. The lowest BCUT2D eigenvalue weighted by Gasteiger charge is -2.60. The van der Waals surface area contributed by atoms with Crippen LogP contribution in [0.15, 0.2) is 23.3 Å². The van der Waals surface area contributed by atoms with Crippen LogP contribution in [0.25, 0.3) is 0 Å². The van der Waals surface area contributed by atoms with Crippen LogP contribution >= 0.6 is 0 Å². The Morgan fingerprint density at radius 3 is 2.44 bits per heavy atom. The minimum Gasteiger partial charge on any atom is -0.456 e. The van der Waals surface area contributed by atoms with Crippen molar-refractivity contribution in [1.82, 2.24) is 0 Å². The third kappa shape index (κ3) is 2.97. The number of fused-ring (bicyclic) bond motifs is 4. The molecule has 0 amide bonds. The molecule has 1 aliphatic heterocycles. The standard InChI is InChI=1S/C31H48O5/c1-25(2,35-8)14-9-15-29(7)31(34)19-18-28(6)21-10-11-22-26(3,4)23(32)13-16-27(22,5)20(21)12-17-30(28,31)24(33)36-29/h10,12,22-23,32,34H,9,11,13-19H2,1-8H3/t22-,23-,27+,28-,29+,30+,31-/m0/s1.